The lowest BCUT2D eigenvalue weighted by atomic mass is 10.0. The Balaban J connectivity index is 1.20. The van der Waals surface area contributed by atoms with Gasteiger partial charge in [0.2, 0.25) is 5.91 Å². The van der Waals surface area contributed by atoms with Gasteiger partial charge in [-0.25, -0.2) is 13.2 Å². The van der Waals surface area contributed by atoms with E-state index >= 15 is 0 Å². The minimum absolute atomic E-state index is 0.228. The molecule has 2 amide bonds. The second-order valence-corrected chi connectivity index (χ2v) is 8.41. The number of aromatic amines is 2. The Morgan fingerprint density at radius 2 is 1.47 bits per heavy atom. The van der Waals surface area contributed by atoms with E-state index in [1.54, 1.807) is 36.7 Å². The second kappa shape index (κ2) is 9.61. The third kappa shape index (κ3) is 4.81. The van der Waals surface area contributed by atoms with Crippen molar-refractivity contribution in [2.75, 3.05) is 13.1 Å². The van der Waals surface area contributed by atoms with Gasteiger partial charge in [-0.05, 0) is 66.1 Å². The molecular formula is C27H21F3N4O2. The van der Waals surface area contributed by atoms with Crippen LogP contribution in [0.1, 0.15) is 15.9 Å². The minimum atomic E-state index is -0.698. The molecule has 5 rings (SSSR count). The number of H-pyrrole nitrogens is 2. The Kier molecular flexibility index (Phi) is 6.20. The van der Waals surface area contributed by atoms with Gasteiger partial charge in [0.25, 0.3) is 5.91 Å². The summed E-state index contributed by atoms with van der Waals surface area (Å²) in [4.78, 5) is 31.0. The smallest absolute Gasteiger partial charge is 0.251 e. The lowest BCUT2D eigenvalue weighted by Crippen LogP contribution is -2.37. The molecule has 0 saturated carbocycles. The fraction of sp³-hybridized carbons (Fsp3) is 0.111. The van der Waals surface area contributed by atoms with Gasteiger partial charge in [-0.2, -0.15) is 0 Å². The van der Waals surface area contributed by atoms with Gasteiger partial charge in [0.15, 0.2) is 0 Å². The topological polar surface area (TPSA) is 89.8 Å². The molecular weight excluding hydrogens is 469 g/mol. The van der Waals surface area contributed by atoms with E-state index in [-0.39, 0.29) is 18.3 Å². The Hall–Kier alpha value is -4.53. The third-order valence-corrected chi connectivity index (χ3v) is 5.97. The summed E-state index contributed by atoms with van der Waals surface area (Å²) in [6, 6.07) is 12.6. The summed E-state index contributed by atoms with van der Waals surface area (Å²) < 4.78 is 40.9. The van der Waals surface area contributed by atoms with Gasteiger partial charge in [-0.1, -0.05) is 0 Å². The van der Waals surface area contributed by atoms with E-state index in [4.69, 9.17) is 0 Å². The molecule has 6 nitrogen and oxygen atoms in total. The first-order valence-corrected chi connectivity index (χ1v) is 11.3. The molecule has 5 aromatic rings. The molecule has 2 aromatic heterocycles. The van der Waals surface area contributed by atoms with Gasteiger partial charge in [-0.3, -0.25) is 9.59 Å². The number of carbonyl (C=O) groups excluding carboxylic acids is 2. The van der Waals surface area contributed by atoms with Crippen LogP contribution >= 0.6 is 0 Å². The number of carbonyl (C=O) groups is 2. The van der Waals surface area contributed by atoms with Crippen LogP contribution in [0.2, 0.25) is 0 Å². The fourth-order valence-electron chi connectivity index (χ4n) is 4.23. The molecule has 2 heterocycles. The molecule has 36 heavy (non-hydrogen) atoms. The van der Waals surface area contributed by atoms with Crippen molar-refractivity contribution in [3.8, 4) is 11.1 Å². The normalized spacial score (nSPS) is 11.2. The molecule has 0 spiro atoms. The van der Waals surface area contributed by atoms with E-state index in [0.29, 0.717) is 40.6 Å². The van der Waals surface area contributed by atoms with Crippen molar-refractivity contribution in [3.63, 3.8) is 0 Å². The highest BCUT2D eigenvalue weighted by Gasteiger charge is 2.13. The van der Waals surface area contributed by atoms with Crippen molar-refractivity contribution in [3.05, 3.63) is 95.6 Å². The summed E-state index contributed by atoms with van der Waals surface area (Å²) in [5.74, 6) is -2.56. The number of rotatable bonds is 7. The van der Waals surface area contributed by atoms with Crippen LogP contribution in [-0.2, 0) is 11.2 Å². The molecule has 0 aliphatic rings. The number of hydrogen-bond acceptors (Lipinski definition) is 2. The first-order valence-electron chi connectivity index (χ1n) is 11.3. The molecule has 0 bridgehead atoms. The summed E-state index contributed by atoms with van der Waals surface area (Å²) >= 11 is 0. The summed E-state index contributed by atoms with van der Waals surface area (Å²) in [5.41, 5.74) is 3.58. The van der Waals surface area contributed by atoms with E-state index in [9.17, 15) is 22.8 Å². The van der Waals surface area contributed by atoms with Gasteiger partial charge in [0.1, 0.15) is 17.5 Å². The monoisotopic (exact) mass is 490 g/mol. The van der Waals surface area contributed by atoms with Crippen molar-refractivity contribution in [1.82, 2.24) is 20.6 Å². The quantitative estimate of drug-likeness (QED) is 0.264. The molecule has 0 radical (unpaired) electrons. The number of aromatic nitrogens is 2. The predicted octanol–water partition coefficient (Wildman–Crippen LogP) is 4.82. The standard InChI is InChI=1S/C27H21F3N4O2/c28-18-2-4-24-21(11-18)16(12-32-24)5-6-31-26(35)14-34-27(36)15-1-3-25-22(9-15)23(13-33-25)17-7-19(29)10-20(30)8-17/h1-4,7-13,32-33H,5-6,14H2,(H,31,35)(H,34,36). The Bertz CT molecular complexity index is 1590. The molecule has 9 heteroatoms. The van der Waals surface area contributed by atoms with Gasteiger partial charge >= 0.3 is 0 Å². The average Bonchev–Trinajstić information content (AvgIpc) is 3.45. The molecule has 4 N–H and O–H groups in total. The molecule has 182 valence electrons. The Labute approximate surface area is 203 Å². The first-order chi connectivity index (χ1) is 17.4. The predicted molar refractivity (Wildman–Crippen MR) is 131 cm³/mol. The van der Waals surface area contributed by atoms with E-state index in [2.05, 4.69) is 20.6 Å². The fourth-order valence-corrected chi connectivity index (χ4v) is 4.23. The van der Waals surface area contributed by atoms with Crippen LogP contribution in [-0.4, -0.2) is 34.9 Å². The largest absolute Gasteiger partial charge is 0.361 e. The zero-order valence-electron chi connectivity index (χ0n) is 18.9. The van der Waals surface area contributed by atoms with Crippen molar-refractivity contribution in [1.29, 1.82) is 0 Å². The lowest BCUT2D eigenvalue weighted by Gasteiger charge is -2.08. The third-order valence-electron chi connectivity index (χ3n) is 5.97. The molecule has 0 atom stereocenters. The molecule has 0 aliphatic heterocycles. The van der Waals surface area contributed by atoms with E-state index < -0.39 is 17.5 Å². The highest BCUT2D eigenvalue weighted by Crippen LogP contribution is 2.30. The van der Waals surface area contributed by atoms with Crippen LogP contribution in [0.15, 0.2) is 67.0 Å². The molecule has 0 saturated heterocycles. The van der Waals surface area contributed by atoms with E-state index in [1.807, 2.05) is 0 Å². The van der Waals surface area contributed by atoms with Crippen LogP contribution < -0.4 is 10.6 Å². The summed E-state index contributed by atoms with van der Waals surface area (Å²) in [7, 11) is 0. The molecule has 0 fully saturated rings. The number of nitrogens with one attached hydrogen (secondary N) is 4. The van der Waals surface area contributed by atoms with Crippen LogP contribution in [0.5, 0.6) is 0 Å². The van der Waals surface area contributed by atoms with Crippen molar-refractivity contribution in [2.45, 2.75) is 6.42 Å². The Morgan fingerprint density at radius 3 is 2.28 bits per heavy atom. The van der Waals surface area contributed by atoms with Crippen LogP contribution in [0.4, 0.5) is 13.2 Å². The Morgan fingerprint density at radius 1 is 0.750 bits per heavy atom. The highest BCUT2D eigenvalue weighted by molar-refractivity contribution is 6.03. The SMILES string of the molecule is O=C(CNC(=O)c1ccc2[nH]cc(-c3cc(F)cc(F)c3)c2c1)NCCc1c[nH]c2ccc(F)cc12. The van der Waals surface area contributed by atoms with Crippen LogP contribution in [0.3, 0.4) is 0 Å². The maximum atomic E-state index is 13.7. The number of hydrogen-bond donors (Lipinski definition) is 4. The second-order valence-electron chi connectivity index (χ2n) is 8.41. The van der Waals surface area contributed by atoms with E-state index in [1.165, 1.54) is 24.3 Å². The first kappa shape index (κ1) is 23.2. The van der Waals surface area contributed by atoms with Gasteiger partial charge in [0, 0.05) is 57.9 Å². The van der Waals surface area contributed by atoms with Gasteiger partial charge in [0.05, 0.1) is 6.54 Å². The molecule has 0 unspecified atom stereocenters. The minimum Gasteiger partial charge on any atom is -0.361 e. The average molecular weight is 490 g/mol. The lowest BCUT2D eigenvalue weighted by molar-refractivity contribution is -0.120. The number of benzene rings is 3. The van der Waals surface area contributed by atoms with Gasteiger partial charge < -0.3 is 20.6 Å². The zero-order chi connectivity index (χ0) is 25.2. The summed E-state index contributed by atoms with van der Waals surface area (Å²) in [6.07, 6.45) is 3.90. The summed E-state index contributed by atoms with van der Waals surface area (Å²) in [6.45, 7) is 0.0928. The summed E-state index contributed by atoms with van der Waals surface area (Å²) in [5, 5.41) is 6.69. The molecule has 0 aliphatic carbocycles. The van der Waals surface area contributed by atoms with E-state index in [0.717, 1.165) is 22.5 Å². The van der Waals surface area contributed by atoms with Crippen molar-refractivity contribution in [2.24, 2.45) is 0 Å². The molecule has 3 aromatic carbocycles. The maximum absolute atomic E-state index is 13.7. The zero-order valence-corrected chi connectivity index (χ0v) is 18.9. The van der Waals surface area contributed by atoms with Gasteiger partial charge in [-0.15, -0.1) is 0 Å². The maximum Gasteiger partial charge on any atom is 0.251 e. The number of halogens is 3. The highest BCUT2D eigenvalue weighted by atomic mass is 19.1. The van der Waals surface area contributed by atoms with Crippen molar-refractivity contribution < 1.29 is 22.8 Å². The van der Waals surface area contributed by atoms with Crippen LogP contribution in [0, 0.1) is 17.5 Å². The van der Waals surface area contributed by atoms with Crippen molar-refractivity contribution >= 4 is 33.6 Å². The number of fused-ring (bicyclic) bond motifs is 2. The van der Waals surface area contributed by atoms with Crippen LogP contribution in [0.25, 0.3) is 32.9 Å². The number of amides is 2.